The van der Waals surface area contributed by atoms with Gasteiger partial charge in [0.25, 0.3) is 5.91 Å². The SMILES string of the molecule is Cc1cc(-n2c(C(C)(C)c3ccc(Cl)c(Cl)c3)cnc2SCc2c(F)cc(C(=O)NCCS(=O)O)cc2F)ccc1F. The van der Waals surface area contributed by atoms with Crippen molar-refractivity contribution < 1.29 is 26.7 Å². The molecular weight excluding hydrogens is 630 g/mol. The molecular formula is C29H26Cl2F3N3O3S2. The van der Waals surface area contributed by atoms with Crippen molar-refractivity contribution in [2.45, 2.75) is 37.1 Å². The fourth-order valence-electron chi connectivity index (χ4n) is 4.29. The van der Waals surface area contributed by atoms with Crippen LogP contribution in [0.2, 0.25) is 10.0 Å². The van der Waals surface area contributed by atoms with Crippen LogP contribution in [0.3, 0.4) is 0 Å². The van der Waals surface area contributed by atoms with Crippen LogP contribution < -0.4 is 5.32 Å². The van der Waals surface area contributed by atoms with E-state index in [0.29, 0.717) is 32.1 Å². The number of amides is 1. The van der Waals surface area contributed by atoms with E-state index in [2.05, 4.69) is 10.3 Å². The highest BCUT2D eigenvalue weighted by Crippen LogP contribution is 2.39. The Labute approximate surface area is 257 Å². The second kappa shape index (κ2) is 13.2. The zero-order chi connectivity index (χ0) is 30.8. The first-order chi connectivity index (χ1) is 19.8. The van der Waals surface area contributed by atoms with Gasteiger partial charge in [0.15, 0.2) is 16.2 Å². The first-order valence-electron chi connectivity index (χ1n) is 12.6. The van der Waals surface area contributed by atoms with Gasteiger partial charge in [-0.15, -0.1) is 0 Å². The van der Waals surface area contributed by atoms with Crippen molar-refractivity contribution in [1.82, 2.24) is 14.9 Å². The van der Waals surface area contributed by atoms with E-state index in [-0.39, 0.29) is 35.0 Å². The molecule has 0 aliphatic heterocycles. The van der Waals surface area contributed by atoms with E-state index in [4.69, 9.17) is 27.8 Å². The predicted octanol–water partition coefficient (Wildman–Crippen LogP) is 7.47. The summed E-state index contributed by atoms with van der Waals surface area (Å²) < 4.78 is 65.6. The van der Waals surface area contributed by atoms with Crippen molar-refractivity contribution in [3.63, 3.8) is 0 Å². The van der Waals surface area contributed by atoms with Gasteiger partial charge in [-0.3, -0.25) is 9.36 Å². The first kappa shape index (κ1) is 32.1. The molecule has 0 saturated heterocycles. The van der Waals surface area contributed by atoms with E-state index in [1.807, 2.05) is 24.5 Å². The number of nitrogens with zero attached hydrogens (tertiary/aromatic N) is 2. The number of benzene rings is 3. The second-order valence-corrected chi connectivity index (χ2v) is 12.7. The van der Waals surface area contributed by atoms with Gasteiger partial charge in [-0.05, 0) is 60.5 Å². The fraction of sp³-hybridized carbons (Fsp3) is 0.241. The summed E-state index contributed by atoms with van der Waals surface area (Å²) in [6.45, 7) is 5.44. The number of aromatic nitrogens is 2. The monoisotopic (exact) mass is 655 g/mol. The maximum Gasteiger partial charge on any atom is 0.251 e. The van der Waals surface area contributed by atoms with Crippen molar-refractivity contribution >= 4 is 52.0 Å². The predicted molar refractivity (Wildman–Crippen MR) is 161 cm³/mol. The molecule has 13 heteroatoms. The summed E-state index contributed by atoms with van der Waals surface area (Å²) in [5.74, 6) is -3.37. The fourth-order valence-corrected chi connectivity index (χ4v) is 5.87. The summed E-state index contributed by atoms with van der Waals surface area (Å²) in [5, 5.41) is 3.54. The third-order valence-corrected chi connectivity index (χ3v) is 8.99. The normalized spacial score (nSPS) is 12.4. The zero-order valence-corrected chi connectivity index (χ0v) is 25.8. The Morgan fingerprint density at radius 3 is 2.36 bits per heavy atom. The Morgan fingerprint density at radius 2 is 1.74 bits per heavy atom. The van der Waals surface area contributed by atoms with Crippen molar-refractivity contribution in [3.05, 3.63) is 110 Å². The summed E-state index contributed by atoms with van der Waals surface area (Å²) in [6, 6.07) is 11.7. The van der Waals surface area contributed by atoms with E-state index >= 15 is 8.78 Å². The largest absolute Gasteiger partial charge is 0.351 e. The molecule has 1 unspecified atom stereocenters. The molecule has 1 amide bonds. The standard InChI is InChI=1S/C29H26Cl2F3N3O3S2/c1-16-10-19(5-7-23(16)32)37-26(29(2,3)18-4-6-21(30)22(31)13-18)14-36-28(37)41-15-20-24(33)11-17(12-25(20)34)27(38)35-8-9-42(39)40/h4-7,10-14H,8-9,15H2,1-3H3,(H,35,38)(H,39,40). The van der Waals surface area contributed by atoms with Crippen LogP contribution in [0.1, 0.15) is 46.6 Å². The molecule has 6 nitrogen and oxygen atoms in total. The number of aryl methyl sites for hydroxylation is 1. The van der Waals surface area contributed by atoms with Gasteiger partial charge < -0.3 is 9.87 Å². The third kappa shape index (κ3) is 7.03. The number of imidazole rings is 1. The molecule has 0 fully saturated rings. The molecule has 42 heavy (non-hydrogen) atoms. The molecule has 0 radical (unpaired) electrons. The minimum absolute atomic E-state index is 0.130. The number of hydrogen-bond acceptors (Lipinski definition) is 4. The average Bonchev–Trinajstić information content (AvgIpc) is 3.35. The van der Waals surface area contributed by atoms with Gasteiger partial charge in [-0.2, -0.15) is 0 Å². The number of hydrogen-bond donors (Lipinski definition) is 2. The summed E-state index contributed by atoms with van der Waals surface area (Å²) in [7, 11) is 0. The van der Waals surface area contributed by atoms with Crippen molar-refractivity contribution in [1.29, 1.82) is 0 Å². The van der Waals surface area contributed by atoms with Crippen molar-refractivity contribution in [3.8, 4) is 5.69 Å². The number of thioether (sulfide) groups is 1. The molecule has 4 aromatic rings. The lowest BCUT2D eigenvalue weighted by atomic mass is 9.81. The van der Waals surface area contributed by atoms with E-state index in [1.54, 1.807) is 37.4 Å². The van der Waals surface area contributed by atoms with E-state index in [1.165, 1.54) is 6.07 Å². The minimum atomic E-state index is -2.11. The quantitative estimate of drug-likeness (QED) is 0.137. The number of carbonyl (C=O) groups is 1. The first-order valence-corrected chi connectivity index (χ1v) is 15.6. The van der Waals surface area contributed by atoms with Gasteiger partial charge in [0.2, 0.25) is 0 Å². The van der Waals surface area contributed by atoms with Crippen molar-refractivity contribution in [2.24, 2.45) is 0 Å². The molecule has 0 bridgehead atoms. The molecule has 1 atom stereocenters. The topological polar surface area (TPSA) is 84.2 Å². The van der Waals surface area contributed by atoms with Crippen LogP contribution in [-0.2, 0) is 22.2 Å². The Balaban J connectivity index is 1.69. The Bertz CT molecular complexity index is 1660. The molecule has 4 rings (SSSR count). The minimum Gasteiger partial charge on any atom is -0.351 e. The molecule has 222 valence electrons. The Kier molecular flexibility index (Phi) is 10.1. The van der Waals surface area contributed by atoms with Gasteiger partial charge in [-0.25, -0.2) is 22.4 Å². The molecule has 1 aromatic heterocycles. The highest BCUT2D eigenvalue weighted by Gasteiger charge is 2.30. The molecule has 0 spiro atoms. The van der Waals surface area contributed by atoms with E-state index < -0.39 is 34.0 Å². The number of halogens is 5. The van der Waals surface area contributed by atoms with Gasteiger partial charge in [0.05, 0.1) is 27.7 Å². The highest BCUT2D eigenvalue weighted by atomic mass is 35.5. The van der Waals surface area contributed by atoms with Crippen molar-refractivity contribution in [2.75, 3.05) is 12.3 Å². The van der Waals surface area contributed by atoms with Crippen LogP contribution in [0.5, 0.6) is 0 Å². The molecule has 1 heterocycles. The molecule has 0 saturated carbocycles. The van der Waals surface area contributed by atoms with Gasteiger partial charge in [-0.1, -0.05) is 54.9 Å². The van der Waals surface area contributed by atoms with E-state index in [9.17, 15) is 13.4 Å². The van der Waals surface area contributed by atoms with Crippen LogP contribution in [0.4, 0.5) is 13.2 Å². The smallest absolute Gasteiger partial charge is 0.251 e. The second-order valence-electron chi connectivity index (χ2n) is 9.94. The Morgan fingerprint density at radius 1 is 1.05 bits per heavy atom. The lowest BCUT2D eigenvalue weighted by Gasteiger charge is -2.28. The van der Waals surface area contributed by atoms with Crippen LogP contribution in [0.15, 0.2) is 59.9 Å². The van der Waals surface area contributed by atoms with Gasteiger partial charge in [0, 0.05) is 34.5 Å². The van der Waals surface area contributed by atoms with Crippen LogP contribution in [0.25, 0.3) is 5.69 Å². The third-order valence-electron chi connectivity index (χ3n) is 6.72. The average molecular weight is 657 g/mol. The molecule has 0 aliphatic rings. The highest BCUT2D eigenvalue weighted by molar-refractivity contribution is 7.98. The number of rotatable bonds is 10. The number of nitrogens with one attached hydrogen (secondary N) is 1. The van der Waals surface area contributed by atoms with Gasteiger partial charge in [0.1, 0.15) is 17.5 Å². The number of carbonyl (C=O) groups excluding carboxylic acids is 1. The summed E-state index contributed by atoms with van der Waals surface area (Å²) >= 11 is 11.4. The maximum absolute atomic E-state index is 15.0. The van der Waals surface area contributed by atoms with Gasteiger partial charge >= 0.3 is 0 Å². The van der Waals surface area contributed by atoms with E-state index in [0.717, 1.165) is 29.5 Å². The van der Waals surface area contributed by atoms with Crippen LogP contribution in [0, 0.1) is 24.4 Å². The summed E-state index contributed by atoms with van der Waals surface area (Å²) in [6.07, 6.45) is 1.66. The summed E-state index contributed by atoms with van der Waals surface area (Å²) in [4.78, 5) is 16.8. The lowest BCUT2D eigenvalue weighted by molar-refractivity contribution is 0.0955. The molecule has 0 aliphatic carbocycles. The summed E-state index contributed by atoms with van der Waals surface area (Å²) in [5.41, 5.74) is 1.38. The van der Waals surface area contributed by atoms with Crippen LogP contribution >= 0.6 is 35.0 Å². The lowest BCUT2D eigenvalue weighted by Crippen LogP contribution is -2.27. The maximum atomic E-state index is 15.0. The molecule has 2 N–H and O–H groups in total. The zero-order valence-electron chi connectivity index (χ0n) is 22.7. The Hall–Kier alpha value is -2.83. The molecule has 3 aromatic carbocycles. The van der Waals surface area contributed by atoms with Crippen LogP contribution in [-0.4, -0.2) is 36.5 Å².